The van der Waals surface area contributed by atoms with Crippen LogP contribution in [-0.2, 0) is 12.8 Å². The van der Waals surface area contributed by atoms with Crippen LogP contribution in [0.25, 0.3) is 0 Å². The summed E-state index contributed by atoms with van der Waals surface area (Å²) in [6.45, 7) is 2.25. The first-order valence-corrected chi connectivity index (χ1v) is 6.76. The Morgan fingerprint density at radius 2 is 2.25 bits per heavy atom. The highest BCUT2D eigenvalue weighted by Crippen LogP contribution is 2.35. The standard InChI is InChI=1S/C13H16N2S/c1-9(11-7-14-8-15-11)13-6-10-4-2-3-5-12(10)16-13/h6-9H,2-5H2,1H3,(H,14,15). The number of aromatic amines is 1. The number of H-pyrrole nitrogens is 1. The van der Waals surface area contributed by atoms with Gasteiger partial charge < -0.3 is 4.98 Å². The molecule has 2 nitrogen and oxygen atoms in total. The number of nitrogens with one attached hydrogen (secondary N) is 1. The van der Waals surface area contributed by atoms with Crippen molar-refractivity contribution in [3.8, 4) is 0 Å². The van der Waals surface area contributed by atoms with Gasteiger partial charge in [-0.1, -0.05) is 6.92 Å². The highest BCUT2D eigenvalue weighted by molar-refractivity contribution is 7.12. The molecule has 1 aliphatic carbocycles. The molecule has 0 radical (unpaired) electrons. The van der Waals surface area contributed by atoms with Gasteiger partial charge in [-0.3, -0.25) is 0 Å². The van der Waals surface area contributed by atoms with Crippen LogP contribution in [0.15, 0.2) is 18.6 Å². The van der Waals surface area contributed by atoms with Gasteiger partial charge in [0.15, 0.2) is 0 Å². The SMILES string of the molecule is CC(c1cnc[nH]1)c1cc2c(s1)CCCC2. The van der Waals surface area contributed by atoms with Gasteiger partial charge in [0.25, 0.3) is 0 Å². The lowest BCUT2D eigenvalue weighted by molar-refractivity contribution is 0.696. The van der Waals surface area contributed by atoms with Crippen LogP contribution in [-0.4, -0.2) is 9.97 Å². The number of aryl methyl sites for hydroxylation is 2. The molecule has 0 fully saturated rings. The molecule has 0 aliphatic heterocycles. The van der Waals surface area contributed by atoms with Crippen molar-refractivity contribution in [3.05, 3.63) is 39.6 Å². The Hall–Kier alpha value is -1.09. The van der Waals surface area contributed by atoms with E-state index in [9.17, 15) is 0 Å². The van der Waals surface area contributed by atoms with E-state index in [4.69, 9.17) is 0 Å². The summed E-state index contributed by atoms with van der Waals surface area (Å²) >= 11 is 1.99. The van der Waals surface area contributed by atoms with Crippen molar-refractivity contribution in [2.24, 2.45) is 0 Å². The average Bonchev–Trinajstić information content (AvgIpc) is 2.97. The quantitative estimate of drug-likeness (QED) is 0.843. The van der Waals surface area contributed by atoms with Crippen LogP contribution < -0.4 is 0 Å². The molecule has 1 atom stereocenters. The van der Waals surface area contributed by atoms with E-state index in [-0.39, 0.29) is 0 Å². The summed E-state index contributed by atoms with van der Waals surface area (Å²) in [6, 6.07) is 2.41. The largest absolute Gasteiger partial charge is 0.348 e. The van der Waals surface area contributed by atoms with E-state index in [0.29, 0.717) is 5.92 Å². The monoisotopic (exact) mass is 232 g/mol. The first-order valence-electron chi connectivity index (χ1n) is 5.94. The fraction of sp³-hybridized carbons (Fsp3) is 0.462. The maximum atomic E-state index is 4.10. The third-order valence-electron chi connectivity index (χ3n) is 3.43. The van der Waals surface area contributed by atoms with Crippen LogP contribution in [0.5, 0.6) is 0 Å². The van der Waals surface area contributed by atoms with Gasteiger partial charge in [0.2, 0.25) is 0 Å². The maximum absolute atomic E-state index is 4.10. The summed E-state index contributed by atoms with van der Waals surface area (Å²) in [5.41, 5.74) is 2.82. The first kappa shape index (κ1) is 10.1. The predicted octanol–water partition coefficient (Wildman–Crippen LogP) is 3.50. The van der Waals surface area contributed by atoms with Gasteiger partial charge in [0, 0.05) is 27.6 Å². The molecule has 3 rings (SSSR count). The molecule has 0 aromatic carbocycles. The van der Waals surface area contributed by atoms with Gasteiger partial charge in [0.05, 0.1) is 6.33 Å². The summed E-state index contributed by atoms with van der Waals surface area (Å²) in [6.07, 6.45) is 8.99. The van der Waals surface area contributed by atoms with Crippen molar-refractivity contribution < 1.29 is 0 Å². The highest BCUT2D eigenvalue weighted by atomic mass is 32.1. The van der Waals surface area contributed by atoms with Crippen molar-refractivity contribution >= 4 is 11.3 Å². The number of hydrogen-bond donors (Lipinski definition) is 1. The van der Waals surface area contributed by atoms with E-state index in [1.54, 1.807) is 16.8 Å². The van der Waals surface area contributed by atoms with E-state index in [1.807, 2.05) is 17.5 Å². The van der Waals surface area contributed by atoms with Crippen molar-refractivity contribution in [2.75, 3.05) is 0 Å². The summed E-state index contributed by atoms with van der Waals surface area (Å²) in [4.78, 5) is 10.4. The average molecular weight is 232 g/mol. The van der Waals surface area contributed by atoms with Crippen LogP contribution in [0.2, 0.25) is 0 Å². The summed E-state index contributed by atoms with van der Waals surface area (Å²) in [5, 5.41) is 0. The smallest absolute Gasteiger partial charge is 0.0921 e. The van der Waals surface area contributed by atoms with Crippen molar-refractivity contribution in [3.63, 3.8) is 0 Å². The molecule has 0 spiro atoms. The Bertz CT molecular complexity index is 447. The number of imidazole rings is 1. The van der Waals surface area contributed by atoms with Crippen LogP contribution in [0.4, 0.5) is 0 Å². The second kappa shape index (κ2) is 4.06. The van der Waals surface area contributed by atoms with Crippen LogP contribution in [0, 0.1) is 0 Å². The highest BCUT2D eigenvalue weighted by Gasteiger charge is 2.18. The number of aromatic nitrogens is 2. The predicted molar refractivity (Wildman–Crippen MR) is 67.1 cm³/mol. The van der Waals surface area contributed by atoms with Crippen molar-refractivity contribution in [1.29, 1.82) is 0 Å². The molecule has 0 saturated heterocycles. The molecule has 84 valence electrons. The van der Waals surface area contributed by atoms with Gasteiger partial charge in [0.1, 0.15) is 0 Å². The lowest BCUT2D eigenvalue weighted by atomic mass is 9.97. The molecule has 2 aromatic heterocycles. The third-order valence-corrected chi connectivity index (χ3v) is 4.85. The minimum atomic E-state index is 0.457. The molecule has 1 unspecified atom stereocenters. The molecule has 0 bridgehead atoms. The number of fused-ring (bicyclic) bond motifs is 1. The Morgan fingerprint density at radius 1 is 1.38 bits per heavy atom. The fourth-order valence-electron chi connectivity index (χ4n) is 2.38. The normalized spacial score (nSPS) is 17.1. The Morgan fingerprint density at radius 3 is 3.00 bits per heavy atom. The molecule has 16 heavy (non-hydrogen) atoms. The zero-order chi connectivity index (χ0) is 11.0. The Labute approximate surface area is 99.7 Å². The van der Waals surface area contributed by atoms with Gasteiger partial charge in [-0.05, 0) is 37.3 Å². The number of nitrogens with zero attached hydrogens (tertiary/aromatic N) is 1. The minimum Gasteiger partial charge on any atom is -0.348 e. The lowest BCUT2D eigenvalue weighted by Gasteiger charge is -2.08. The molecule has 2 heterocycles. The molecule has 1 aliphatic rings. The van der Waals surface area contributed by atoms with Gasteiger partial charge >= 0.3 is 0 Å². The molecule has 0 saturated carbocycles. The summed E-state index contributed by atoms with van der Waals surface area (Å²) < 4.78 is 0. The van der Waals surface area contributed by atoms with E-state index < -0.39 is 0 Å². The van der Waals surface area contributed by atoms with Crippen molar-refractivity contribution in [1.82, 2.24) is 9.97 Å². The maximum Gasteiger partial charge on any atom is 0.0921 e. The van der Waals surface area contributed by atoms with E-state index >= 15 is 0 Å². The minimum absolute atomic E-state index is 0.457. The third kappa shape index (κ3) is 1.69. The zero-order valence-electron chi connectivity index (χ0n) is 9.49. The summed E-state index contributed by atoms with van der Waals surface area (Å²) in [7, 11) is 0. The topological polar surface area (TPSA) is 28.7 Å². The van der Waals surface area contributed by atoms with E-state index in [0.717, 1.165) is 0 Å². The summed E-state index contributed by atoms with van der Waals surface area (Å²) in [5.74, 6) is 0.457. The second-order valence-corrected chi connectivity index (χ2v) is 5.70. The second-order valence-electron chi connectivity index (χ2n) is 4.53. The van der Waals surface area contributed by atoms with Crippen LogP contribution >= 0.6 is 11.3 Å². The number of thiophene rings is 1. The van der Waals surface area contributed by atoms with Crippen LogP contribution in [0.1, 0.15) is 46.7 Å². The Balaban J connectivity index is 1.92. The number of hydrogen-bond acceptors (Lipinski definition) is 2. The van der Waals surface area contributed by atoms with Gasteiger partial charge in [-0.15, -0.1) is 11.3 Å². The van der Waals surface area contributed by atoms with Crippen molar-refractivity contribution in [2.45, 2.75) is 38.5 Å². The van der Waals surface area contributed by atoms with Crippen LogP contribution in [0.3, 0.4) is 0 Å². The van der Waals surface area contributed by atoms with E-state index in [1.165, 1.54) is 36.3 Å². The molecule has 3 heteroatoms. The molecule has 1 N–H and O–H groups in total. The lowest BCUT2D eigenvalue weighted by Crippen LogP contribution is -1.96. The molecular weight excluding hydrogens is 216 g/mol. The first-order chi connectivity index (χ1) is 7.84. The van der Waals surface area contributed by atoms with E-state index in [2.05, 4.69) is 23.0 Å². The number of rotatable bonds is 2. The van der Waals surface area contributed by atoms with Gasteiger partial charge in [-0.2, -0.15) is 0 Å². The molecular formula is C13H16N2S. The zero-order valence-corrected chi connectivity index (χ0v) is 10.3. The fourth-order valence-corrected chi connectivity index (χ4v) is 3.71. The molecule has 2 aromatic rings. The Kier molecular flexibility index (Phi) is 2.56. The molecule has 0 amide bonds. The van der Waals surface area contributed by atoms with Gasteiger partial charge in [-0.25, -0.2) is 4.98 Å².